The van der Waals surface area contributed by atoms with Crippen LogP contribution in [0.4, 0.5) is 0 Å². The molecule has 0 rings (SSSR count). The maximum Gasteiger partial charge on any atom is 0.306 e. The van der Waals surface area contributed by atoms with Crippen molar-refractivity contribution >= 4 is 17.9 Å². The van der Waals surface area contributed by atoms with Crippen molar-refractivity contribution in [1.82, 2.24) is 0 Å². The molecule has 0 aliphatic carbocycles. The first-order valence-corrected chi connectivity index (χ1v) is 32.7. The molecular weight excluding hydrogens is 949 g/mol. The van der Waals surface area contributed by atoms with Gasteiger partial charge in [0.2, 0.25) is 0 Å². The second kappa shape index (κ2) is 64.9. The van der Waals surface area contributed by atoms with Gasteiger partial charge in [-0.1, -0.05) is 291 Å². The Balaban J connectivity index is 4.39. The lowest BCUT2D eigenvalue weighted by molar-refractivity contribution is -0.167. The van der Waals surface area contributed by atoms with E-state index in [0.29, 0.717) is 19.3 Å². The molecule has 0 saturated carbocycles. The van der Waals surface area contributed by atoms with E-state index in [1.54, 1.807) is 0 Å². The van der Waals surface area contributed by atoms with Gasteiger partial charge in [-0.15, -0.1) is 0 Å². The predicted octanol–water partition coefficient (Wildman–Crippen LogP) is 22.4. The number of unbranched alkanes of at least 4 members (excludes halogenated alkanes) is 32. The summed E-state index contributed by atoms with van der Waals surface area (Å²) in [6, 6.07) is 0. The van der Waals surface area contributed by atoms with Crippen LogP contribution in [-0.2, 0) is 28.6 Å². The van der Waals surface area contributed by atoms with Crippen LogP contribution in [0.1, 0.15) is 316 Å². The zero-order valence-electron chi connectivity index (χ0n) is 50.7. The fourth-order valence-corrected chi connectivity index (χ4v) is 9.18. The largest absolute Gasteiger partial charge is 0.462 e. The lowest BCUT2D eigenvalue weighted by atomic mass is 10.0. The van der Waals surface area contributed by atoms with E-state index in [1.165, 1.54) is 161 Å². The van der Waals surface area contributed by atoms with Crippen LogP contribution in [0.15, 0.2) is 97.2 Å². The minimum absolute atomic E-state index is 0.0814. The molecule has 0 bridgehead atoms. The molecule has 0 radical (unpaired) electrons. The first-order chi connectivity index (χ1) is 38.0. The van der Waals surface area contributed by atoms with Gasteiger partial charge in [0.1, 0.15) is 13.2 Å². The predicted molar refractivity (Wildman–Crippen MR) is 334 cm³/mol. The van der Waals surface area contributed by atoms with E-state index in [-0.39, 0.29) is 31.1 Å². The number of hydrogen-bond donors (Lipinski definition) is 0. The quantitative estimate of drug-likeness (QED) is 0.0261. The summed E-state index contributed by atoms with van der Waals surface area (Å²) >= 11 is 0. The number of ether oxygens (including phenoxy) is 3. The summed E-state index contributed by atoms with van der Waals surface area (Å²) in [5.41, 5.74) is 0. The number of carbonyl (C=O) groups excluding carboxylic acids is 3. The second-order valence-corrected chi connectivity index (χ2v) is 21.6. The standard InChI is InChI=1S/C71H122O6/c1-4-7-10-13-16-19-22-25-28-30-32-33-34-35-36-37-39-40-43-46-49-52-55-58-61-64-70(73)76-67-68(66-75-69(72)63-60-57-54-51-48-45-42-27-24-21-18-15-12-9-6-3)77-71(74)65-62-59-56-53-50-47-44-41-38-31-29-26-23-20-17-14-11-8-5-2/h7,10,16-17,19-20,25-26,28-29,32-33,35-36,39-40,68H,4-6,8-9,11-15,18,21-24,27,30-31,34,37-38,41-67H2,1-3H3/b10-7-,19-16-,20-17-,28-25-,29-26-,33-32-,36-35-,40-39-. The van der Waals surface area contributed by atoms with Gasteiger partial charge in [0, 0.05) is 19.3 Å². The molecule has 0 amide bonds. The van der Waals surface area contributed by atoms with E-state index >= 15 is 0 Å². The van der Waals surface area contributed by atoms with Crippen LogP contribution in [0.3, 0.4) is 0 Å². The van der Waals surface area contributed by atoms with Crippen LogP contribution >= 0.6 is 0 Å². The Kier molecular flexibility index (Phi) is 61.8. The summed E-state index contributed by atoms with van der Waals surface area (Å²) in [6.45, 7) is 6.52. The fraction of sp³-hybridized carbons (Fsp3) is 0.732. The Hall–Kier alpha value is -3.67. The van der Waals surface area contributed by atoms with E-state index in [9.17, 15) is 14.4 Å². The Morgan fingerprint density at radius 1 is 0.273 bits per heavy atom. The minimum Gasteiger partial charge on any atom is -0.462 e. The van der Waals surface area contributed by atoms with Gasteiger partial charge < -0.3 is 14.2 Å². The van der Waals surface area contributed by atoms with E-state index < -0.39 is 6.10 Å². The molecule has 6 heteroatoms. The maximum atomic E-state index is 12.9. The smallest absolute Gasteiger partial charge is 0.306 e. The third-order valence-corrected chi connectivity index (χ3v) is 14.1. The summed E-state index contributed by atoms with van der Waals surface area (Å²) in [5.74, 6) is -0.888. The van der Waals surface area contributed by atoms with Crippen molar-refractivity contribution in [3.05, 3.63) is 97.2 Å². The van der Waals surface area contributed by atoms with Gasteiger partial charge in [-0.05, 0) is 103 Å². The molecule has 0 aliphatic heterocycles. The summed E-state index contributed by atoms with van der Waals surface area (Å²) in [6.07, 6.45) is 86.9. The molecule has 0 aromatic rings. The Morgan fingerprint density at radius 2 is 0.506 bits per heavy atom. The van der Waals surface area contributed by atoms with Gasteiger partial charge in [0.25, 0.3) is 0 Å². The third kappa shape index (κ3) is 63.0. The van der Waals surface area contributed by atoms with Gasteiger partial charge in [0.15, 0.2) is 6.10 Å². The molecule has 0 spiro atoms. The molecule has 0 heterocycles. The SMILES string of the molecule is CC/C=C\C/C=C\C/C=C\C/C=C\C/C=C\C/C=C\CCCCCCCCC(=O)OCC(COC(=O)CCCCCCCCCCCCCCCCC)OC(=O)CCCCCCCCCCC/C=C\C/C=C\CCCCC. The number of rotatable bonds is 59. The van der Waals surface area contributed by atoms with Gasteiger partial charge in [0.05, 0.1) is 0 Å². The zero-order chi connectivity index (χ0) is 55.7. The van der Waals surface area contributed by atoms with Crippen LogP contribution < -0.4 is 0 Å². The summed E-state index contributed by atoms with van der Waals surface area (Å²) in [4.78, 5) is 38.4. The molecule has 1 unspecified atom stereocenters. The molecule has 0 aliphatic rings. The van der Waals surface area contributed by atoms with E-state index in [4.69, 9.17) is 14.2 Å². The lowest BCUT2D eigenvalue weighted by Gasteiger charge is -2.18. The van der Waals surface area contributed by atoms with Crippen LogP contribution in [0.2, 0.25) is 0 Å². The Bertz CT molecular complexity index is 1510. The minimum atomic E-state index is -0.787. The van der Waals surface area contributed by atoms with Crippen molar-refractivity contribution in [1.29, 1.82) is 0 Å². The number of allylic oxidation sites excluding steroid dienone is 16. The van der Waals surface area contributed by atoms with Crippen LogP contribution in [0.5, 0.6) is 0 Å². The topological polar surface area (TPSA) is 78.9 Å². The molecule has 1 atom stereocenters. The van der Waals surface area contributed by atoms with Crippen molar-refractivity contribution in [2.45, 2.75) is 322 Å². The Morgan fingerprint density at radius 3 is 0.818 bits per heavy atom. The van der Waals surface area contributed by atoms with E-state index in [2.05, 4.69) is 118 Å². The van der Waals surface area contributed by atoms with Gasteiger partial charge in [-0.25, -0.2) is 0 Å². The van der Waals surface area contributed by atoms with Crippen molar-refractivity contribution in [2.24, 2.45) is 0 Å². The molecule has 0 saturated heterocycles. The van der Waals surface area contributed by atoms with Crippen LogP contribution in [0, 0.1) is 0 Å². The van der Waals surface area contributed by atoms with Gasteiger partial charge in [-0.3, -0.25) is 14.4 Å². The average molecular weight is 1070 g/mol. The molecule has 0 N–H and O–H groups in total. The van der Waals surface area contributed by atoms with Crippen molar-refractivity contribution in [3.8, 4) is 0 Å². The third-order valence-electron chi connectivity index (χ3n) is 14.1. The monoisotopic (exact) mass is 1070 g/mol. The molecule has 6 nitrogen and oxygen atoms in total. The second-order valence-electron chi connectivity index (χ2n) is 21.6. The van der Waals surface area contributed by atoms with Gasteiger partial charge >= 0.3 is 17.9 Å². The first kappa shape index (κ1) is 73.3. The van der Waals surface area contributed by atoms with Gasteiger partial charge in [-0.2, -0.15) is 0 Å². The Labute approximate surface area is 477 Å². The fourth-order valence-electron chi connectivity index (χ4n) is 9.18. The maximum absolute atomic E-state index is 12.9. The molecule has 77 heavy (non-hydrogen) atoms. The normalized spacial score (nSPS) is 12.7. The zero-order valence-corrected chi connectivity index (χ0v) is 50.7. The highest BCUT2D eigenvalue weighted by atomic mass is 16.6. The highest BCUT2D eigenvalue weighted by Crippen LogP contribution is 2.16. The highest BCUT2D eigenvalue weighted by Gasteiger charge is 2.19. The summed E-state index contributed by atoms with van der Waals surface area (Å²) in [7, 11) is 0. The molecular formula is C71H122O6. The number of esters is 3. The molecule has 0 aromatic heterocycles. The van der Waals surface area contributed by atoms with E-state index in [1.807, 2.05) is 0 Å². The van der Waals surface area contributed by atoms with Crippen LogP contribution in [-0.4, -0.2) is 37.2 Å². The average Bonchev–Trinajstić information content (AvgIpc) is 3.43. The molecule has 442 valence electrons. The summed E-state index contributed by atoms with van der Waals surface area (Å²) in [5, 5.41) is 0. The first-order valence-electron chi connectivity index (χ1n) is 32.7. The number of carbonyl (C=O) groups is 3. The van der Waals surface area contributed by atoms with Crippen molar-refractivity contribution in [3.63, 3.8) is 0 Å². The molecule has 0 fully saturated rings. The van der Waals surface area contributed by atoms with E-state index in [0.717, 1.165) is 116 Å². The lowest BCUT2D eigenvalue weighted by Crippen LogP contribution is -2.30. The highest BCUT2D eigenvalue weighted by molar-refractivity contribution is 5.71. The van der Waals surface area contributed by atoms with Crippen LogP contribution in [0.25, 0.3) is 0 Å². The number of hydrogen-bond acceptors (Lipinski definition) is 6. The van der Waals surface area contributed by atoms with Crippen molar-refractivity contribution < 1.29 is 28.6 Å². The van der Waals surface area contributed by atoms with Crippen molar-refractivity contribution in [2.75, 3.05) is 13.2 Å². The summed E-state index contributed by atoms with van der Waals surface area (Å²) < 4.78 is 16.9. The molecule has 0 aromatic carbocycles.